The highest BCUT2D eigenvalue weighted by Crippen LogP contribution is 2.26. The summed E-state index contributed by atoms with van der Waals surface area (Å²) in [6.07, 6.45) is 7.98. The Hall–Kier alpha value is -2.81. The van der Waals surface area contributed by atoms with Crippen LogP contribution in [0.1, 0.15) is 42.3 Å². The molecule has 7 nitrogen and oxygen atoms in total. The van der Waals surface area contributed by atoms with Crippen LogP contribution in [0.25, 0.3) is 5.57 Å². The van der Waals surface area contributed by atoms with Gasteiger partial charge in [0.15, 0.2) is 0 Å². The smallest absolute Gasteiger partial charge is 0.319 e. The van der Waals surface area contributed by atoms with Gasteiger partial charge in [0.25, 0.3) is 5.91 Å². The second kappa shape index (κ2) is 13.3. The quantitative estimate of drug-likeness (QED) is 0.255. The Morgan fingerprint density at radius 1 is 1.37 bits per heavy atom. The third-order valence-electron chi connectivity index (χ3n) is 5.16. The van der Waals surface area contributed by atoms with E-state index < -0.39 is 10.7 Å². The monoisotopic (exact) mass is 517 g/mol. The Labute approximate surface area is 215 Å². The van der Waals surface area contributed by atoms with E-state index in [1.807, 2.05) is 29.7 Å². The van der Waals surface area contributed by atoms with Crippen LogP contribution in [0.3, 0.4) is 0 Å². The van der Waals surface area contributed by atoms with Crippen molar-refractivity contribution >= 4 is 46.5 Å². The number of benzene rings is 1. The first-order valence-corrected chi connectivity index (χ1v) is 12.5. The summed E-state index contributed by atoms with van der Waals surface area (Å²) in [6.45, 7) is 10.2. The van der Waals surface area contributed by atoms with E-state index >= 15 is 0 Å². The average molecular weight is 518 g/mol. The van der Waals surface area contributed by atoms with E-state index in [2.05, 4.69) is 11.9 Å². The maximum Gasteiger partial charge on any atom is 0.319 e. The van der Waals surface area contributed by atoms with Gasteiger partial charge in [-0.25, -0.2) is 4.98 Å². The summed E-state index contributed by atoms with van der Waals surface area (Å²) in [5, 5.41) is 12.7. The van der Waals surface area contributed by atoms with Crippen molar-refractivity contribution in [2.24, 2.45) is 0 Å². The lowest BCUT2D eigenvalue weighted by atomic mass is 10.2. The molecule has 0 saturated heterocycles. The van der Waals surface area contributed by atoms with Crippen molar-refractivity contribution in [2.45, 2.75) is 38.5 Å². The number of rotatable bonds is 13. The predicted molar refractivity (Wildman–Crippen MR) is 144 cm³/mol. The molecule has 2 rings (SSSR count). The number of nitrogens with zero attached hydrogens (tertiary/aromatic N) is 2. The minimum atomic E-state index is -0.895. The van der Waals surface area contributed by atoms with E-state index in [1.165, 1.54) is 11.8 Å². The molecule has 0 spiro atoms. The van der Waals surface area contributed by atoms with Crippen LogP contribution in [0.4, 0.5) is 5.69 Å². The highest BCUT2D eigenvalue weighted by Gasteiger charge is 2.27. The molecule has 0 saturated carbocycles. The fourth-order valence-electron chi connectivity index (χ4n) is 3.19. The van der Waals surface area contributed by atoms with Gasteiger partial charge in [0.05, 0.1) is 0 Å². The molecule has 1 aromatic heterocycles. The molecule has 1 amide bonds. The van der Waals surface area contributed by atoms with Crippen LogP contribution in [0.2, 0.25) is 5.02 Å². The standard InChI is InChI=1S/C26H32ClN3O4S/c1-6-10-19(11-8-16-35-26(3,4)25(32)33)23-29-22(18(2)30(23)14-9-15-34-5)24(31)28-21-13-7-12-20(27)17-21/h6-8,10-13,17H,1,9,14-16H2,2-5H3,(H,28,31)(H,32,33)/b11-8-,19-10+. The lowest BCUT2D eigenvalue weighted by Crippen LogP contribution is -2.27. The zero-order chi connectivity index (χ0) is 26.0. The maximum absolute atomic E-state index is 13.1. The van der Waals surface area contributed by atoms with Gasteiger partial charge in [-0.05, 0) is 45.4 Å². The third-order valence-corrected chi connectivity index (χ3v) is 6.65. The molecule has 0 unspecified atom stereocenters. The first-order chi connectivity index (χ1) is 16.6. The number of thioether (sulfide) groups is 1. The molecule has 0 atom stereocenters. The number of ether oxygens (including phenoxy) is 1. The lowest BCUT2D eigenvalue weighted by molar-refractivity contribution is -0.138. The summed E-state index contributed by atoms with van der Waals surface area (Å²) in [7, 11) is 1.65. The molecule has 0 radical (unpaired) electrons. The normalized spacial score (nSPS) is 12.2. The van der Waals surface area contributed by atoms with Gasteiger partial charge < -0.3 is 19.7 Å². The highest BCUT2D eigenvalue weighted by atomic mass is 35.5. The van der Waals surface area contributed by atoms with Gasteiger partial charge in [-0.3, -0.25) is 9.59 Å². The number of hydrogen-bond acceptors (Lipinski definition) is 5. The van der Waals surface area contributed by atoms with E-state index in [0.717, 1.165) is 17.7 Å². The van der Waals surface area contributed by atoms with Crippen molar-refractivity contribution in [1.29, 1.82) is 0 Å². The zero-order valence-corrected chi connectivity index (χ0v) is 22.1. The van der Waals surface area contributed by atoms with Gasteiger partial charge in [-0.1, -0.05) is 48.6 Å². The summed E-state index contributed by atoms with van der Waals surface area (Å²) in [4.78, 5) is 29.1. The van der Waals surface area contributed by atoms with Crippen molar-refractivity contribution < 1.29 is 19.4 Å². The van der Waals surface area contributed by atoms with Crippen molar-refractivity contribution in [3.8, 4) is 0 Å². The molecular weight excluding hydrogens is 486 g/mol. The van der Waals surface area contributed by atoms with Crippen LogP contribution < -0.4 is 5.32 Å². The number of imidazole rings is 1. The van der Waals surface area contributed by atoms with Gasteiger partial charge in [-0.2, -0.15) is 0 Å². The number of halogens is 1. The Bertz CT molecular complexity index is 1120. The molecule has 0 fully saturated rings. The Kier molecular flexibility index (Phi) is 10.8. The molecule has 0 aliphatic heterocycles. The van der Waals surface area contributed by atoms with E-state index in [1.54, 1.807) is 51.3 Å². The number of anilines is 1. The minimum absolute atomic E-state index is 0.308. The van der Waals surface area contributed by atoms with Crippen molar-refractivity contribution in [1.82, 2.24) is 9.55 Å². The number of carboxylic acid groups (broad SMARTS) is 1. The van der Waals surface area contributed by atoms with Crippen LogP contribution in [0.15, 0.2) is 55.1 Å². The van der Waals surface area contributed by atoms with Crippen molar-refractivity contribution in [3.05, 3.63) is 77.4 Å². The van der Waals surface area contributed by atoms with Gasteiger partial charge in [-0.15, -0.1) is 11.8 Å². The zero-order valence-electron chi connectivity index (χ0n) is 20.5. The minimum Gasteiger partial charge on any atom is -0.480 e. The Balaban J connectivity index is 2.37. The number of nitrogens with one attached hydrogen (secondary N) is 1. The maximum atomic E-state index is 13.1. The highest BCUT2D eigenvalue weighted by molar-refractivity contribution is 8.01. The van der Waals surface area contributed by atoms with Crippen LogP contribution in [-0.2, 0) is 16.1 Å². The molecule has 0 aliphatic carbocycles. The van der Waals surface area contributed by atoms with Gasteiger partial charge in [0.2, 0.25) is 0 Å². The summed E-state index contributed by atoms with van der Waals surface area (Å²) >= 11 is 7.37. The summed E-state index contributed by atoms with van der Waals surface area (Å²) in [5.74, 6) is -0.0812. The second-order valence-corrected chi connectivity index (χ2v) is 10.3. The van der Waals surface area contributed by atoms with E-state index in [0.29, 0.717) is 41.1 Å². The molecule has 1 heterocycles. The van der Waals surface area contributed by atoms with Gasteiger partial charge in [0.1, 0.15) is 16.3 Å². The number of carbonyl (C=O) groups is 2. The number of hydrogen-bond donors (Lipinski definition) is 2. The molecular formula is C26H32ClN3O4S. The summed E-state index contributed by atoms with van der Waals surface area (Å²) < 4.78 is 6.30. The third kappa shape index (κ3) is 8.13. The Morgan fingerprint density at radius 3 is 2.74 bits per heavy atom. The molecule has 2 aromatic rings. The fraction of sp³-hybridized carbons (Fsp3) is 0.346. The summed E-state index contributed by atoms with van der Waals surface area (Å²) in [5.41, 5.74) is 2.37. The predicted octanol–water partition coefficient (Wildman–Crippen LogP) is 5.86. The number of carboxylic acids is 1. The van der Waals surface area contributed by atoms with E-state index in [4.69, 9.17) is 21.3 Å². The Morgan fingerprint density at radius 2 is 2.11 bits per heavy atom. The largest absolute Gasteiger partial charge is 0.480 e. The van der Waals surface area contributed by atoms with E-state index in [9.17, 15) is 14.7 Å². The van der Waals surface area contributed by atoms with Crippen LogP contribution in [0.5, 0.6) is 0 Å². The van der Waals surface area contributed by atoms with Gasteiger partial charge >= 0.3 is 5.97 Å². The molecule has 9 heteroatoms. The fourth-order valence-corrected chi connectivity index (χ4v) is 4.11. The number of allylic oxidation sites excluding steroid dienone is 4. The summed E-state index contributed by atoms with van der Waals surface area (Å²) in [6, 6.07) is 6.93. The van der Waals surface area contributed by atoms with Gasteiger partial charge in [0, 0.05) is 48.0 Å². The van der Waals surface area contributed by atoms with Crippen molar-refractivity contribution in [2.75, 3.05) is 24.8 Å². The van der Waals surface area contributed by atoms with Crippen LogP contribution in [0, 0.1) is 6.92 Å². The molecule has 35 heavy (non-hydrogen) atoms. The SMILES string of the molecule is C=C/C=C(\C=C/CSC(C)(C)C(=O)O)c1nc(C(=O)Nc2cccc(Cl)c2)c(C)n1CCCOC. The first kappa shape index (κ1) is 28.4. The molecule has 0 aliphatic rings. The average Bonchev–Trinajstić information content (AvgIpc) is 3.12. The van der Waals surface area contributed by atoms with Crippen LogP contribution in [-0.4, -0.2) is 50.8 Å². The number of aromatic nitrogens is 2. The second-order valence-electron chi connectivity index (χ2n) is 8.22. The topological polar surface area (TPSA) is 93.5 Å². The number of carbonyl (C=O) groups excluding carboxylic acids is 1. The molecule has 188 valence electrons. The first-order valence-electron chi connectivity index (χ1n) is 11.1. The molecule has 2 N–H and O–H groups in total. The molecule has 1 aromatic carbocycles. The van der Waals surface area contributed by atoms with E-state index in [-0.39, 0.29) is 5.91 Å². The molecule has 0 bridgehead atoms. The number of aliphatic carboxylic acids is 1. The number of amides is 1. The van der Waals surface area contributed by atoms with Crippen LogP contribution >= 0.6 is 23.4 Å². The van der Waals surface area contributed by atoms with Crippen molar-refractivity contribution in [3.63, 3.8) is 0 Å². The number of methoxy groups -OCH3 is 1. The lowest BCUT2D eigenvalue weighted by Gasteiger charge is -2.17.